The van der Waals surface area contributed by atoms with Crippen molar-refractivity contribution < 1.29 is 18.3 Å². The van der Waals surface area contributed by atoms with Gasteiger partial charge in [0.1, 0.15) is 0 Å². The Morgan fingerprint density at radius 1 is 1.38 bits per heavy atom. The molecule has 0 saturated heterocycles. The zero-order chi connectivity index (χ0) is 15.6. The summed E-state index contributed by atoms with van der Waals surface area (Å²) in [6, 6.07) is 3.58. The molecule has 1 aromatic carbocycles. The third-order valence-electron chi connectivity index (χ3n) is 2.89. The van der Waals surface area contributed by atoms with Gasteiger partial charge in [-0.1, -0.05) is 11.6 Å². The van der Waals surface area contributed by atoms with Crippen LogP contribution in [0.2, 0.25) is 5.02 Å². The molecule has 0 saturated carbocycles. The van der Waals surface area contributed by atoms with Crippen molar-refractivity contribution in [3.05, 3.63) is 50.7 Å². The van der Waals surface area contributed by atoms with Crippen molar-refractivity contribution in [1.29, 1.82) is 0 Å². The lowest BCUT2D eigenvalue weighted by molar-refractivity contribution is 0.0697. The Balaban J connectivity index is 2.26. The van der Waals surface area contributed by atoms with Gasteiger partial charge in [0.2, 0.25) is 10.0 Å². The first-order valence-corrected chi connectivity index (χ1v) is 8.66. The zero-order valence-electron chi connectivity index (χ0n) is 11.0. The molecule has 2 N–H and O–H groups in total. The summed E-state index contributed by atoms with van der Waals surface area (Å²) in [5.41, 5.74) is 1.65. The first-order chi connectivity index (χ1) is 9.81. The smallest absolute Gasteiger partial charge is 0.337 e. The standard InChI is InChI=1S/C13H12ClNO4S2/c1-8-6-20-7-9(8)5-15-21(18,19)10-2-3-12(14)11(4-10)13(16)17/h2-4,6-7,15H,5H2,1H3,(H,16,17). The number of benzene rings is 1. The van der Waals surface area contributed by atoms with Crippen LogP contribution in [0.15, 0.2) is 33.9 Å². The van der Waals surface area contributed by atoms with E-state index in [-0.39, 0.29) is 22.0 Å². The van der Waals surface area contributed by atoms with Gasteiger partial charge < -0.3 is 5.11 Å². The van der Waals surface area contributed by atoms with Gasteiger partial charge in [-0.15, -0.1) is 0 Å². The molecule has 0 spiro atoms. The van der Waals surface area contributed by atoms with Crippen LogP contribution in [-0.4, -0.2) is 19.5 Å². The molecule has 1 aromatic heterocycles. The third kappa shape index (κ3) is 3.62. The minimum absolute atomic E-state index is 0.00451. The van der Waals surface area contributed by atoms with Crippen LogP contribution in [0.25, 0.3) is 0 Å². The highest BCUT2D eigenvalue weighted by Crippen LogP contribution is 2.21. The lowest BCUT2D eigenvalue weighted by Crippen LogP contribution is -2.23. The highest BCUT2D eigenvalue weighted by atomic mass is 35.5. The van der Waals surface area contributed by atoms with Crippen molar-refractivity contribution in [3.63, 3.8) is 0 Å². The van der Waals surface area contributed by atoms with E-state index in [0.717, 1.165) is 17.2 Å². The molecule has 0 atom stereocenters. The van der Waals surface area contributed by atoms with E-state index in [9.17, 15) is 13.2 Å². The molecule has 0 bridgehead atoms. The first kappa shape index (κ1) is 16.0. The number of carbonyl (C=O) groups is 1. The number of carboxylic acid groups (broad SMARTS) is 1. The Bertz CT molecular complexity index is 783. The molecule has 112 valence electrons. The molecular formula is C13H12ClNO4S2. The van der Waals surface area contributed by atoms with Gasteiger partial charge in [-0.3, -0.25) is 0 Å². The van der Waals surface area contributed by atoms with E-state index in [4.69, 9.17) is 16.7 Å². The summed E-state index contributed by atoms with van der Waals surface area (Å²) >= 11 is 7.22. The molecule has 0 aliphatic heterocycles. The zero-order valence-corrected chi connectivity index (χ0v) is 13.3. The SMILES string of the molecule is Cc1cscc1CNS(=O)(=O)c1ccc(Cl)c(C(=O)O)c1. The minimum atomic E-state index is -3.79. The van der Waals surface area contributed by atoms with E-state index in [1.54, 1.807) is 0 Å². The molecule has 0 radical (unpaired) electrons. The van der Waals surface area contributed by atoms with Gasteiger partial charge in [0, 0.05) is 6.54 Å². The van der Waals surface area contributed by atoms with Crippen molar-refractivity contribution in [3.8, 4) is 0 Å². The van der Waals surface area contributed by atoms with Crippen LogP contribution in [0, 0.1) is 6.92 Å². The maximum Gasteiger partial charge on any atom is 0.337 e. The Labute approximate surface area is 131 Å². The monoisotopic (exact) mass is 345 g/mol. The van der Waals surface area contributed by atoms with Crippen molar-refractivity contribution in [2.45, 2.75) is 18.4 Å². The molecule has 0 aliphatic carbocycles. The van der Waals surface area contributed by atoms with Crippen molar-refractivity contribution in [1.82, 2.24) is 4.72 Å². The molecule has 0 unspecified atom stereocenters. The number of sulfonamides is 1. The van der Waals surface area contributed by atoms with Crippen LogP contribution in [0.5, 0.6) is 0 Å². The van der Waals surface area contributed by atoms with E-state index < -0.39 is 16.0 Å². The quantitative estimate of drug-likeness (QED) is 0.872. The van der Waals surface area contributed by atoms with Gasteiger partial charge in [-0.05, 0) is 47.0 Å². The molecule has 0 aliphatic rings. The lowest BCUT2D eigenvalue weighted by atomic mass is 10.2. The minimum Gasteiger partial charge on any atom is -0.478 e. The second-order valence-electron chi connectivity index (χ2n) is 4.35. The molecule has 21 heavy (non-hydrogen) atoms. The summed E-state index contributed by atoms with van der Waals surface area (Å²) in [5, 5.41) is 12.8. The van der Waals surface area contributed by atoms with Gasteiger partial charge in [-0.2, -0.15) is 11.3 Å². The number of thiophene rings is 1. The molecule has 0 amide bonds. The fourth-order valence-corrected chi connectivity index (χ4v) is 3.75. The van der Waals surface area contributed by atoms with Crippen LogP contribution in [0.3, 0.4) is 0 Å². The average molecular weight is 346 g/mol. The summed E-state index contributed by atoms with van der Waals surface area (Å²) in [6.07, 6.45) is 0. The predicted molar refractivity (Wildman–Crippen MR) is 81.5 cm³/mol. The molecule has 8 heteroatoms. The first-order valence-electron chi connectivity index (χ1n) is 5.85. The third-order valence-corrected chi connectivity index (χ3v) is 5.53. The summed E-state index contributed by atoms with van der Waals surface area (Å²) in [6.45, 7) is 2.05. The molecule has 0 fully saturated rings. The number of rotatable bonds is 5. The summed E-state index contributed by atoms with van der Waals surface area (Å²) in [7, 11) is -3.79. The Morgan fingerprint density at radius 2 is 2.10 bits per heavy atom. The van der Waals surface area contributed by atoms with Crippen LogP contribution in [0.4, 0.5) is 0 Å². The van der Waals surface area contributed by atoms with E-state index in [1.807, 2.05) is 17.7 Å². The van der Waals surface area contributed by atoms with Crippen LogP contribution in [-0.2, 0) is 16.6 Å². The molecule has 2 rings (SSSR count). The van der Waals surface area contributed by atoms with Gasteiger partial charge >= 0.3 is 5.97 Å². The summed E-state index contributed by atoms with van der Waals surface area (Å²) < 4.78 is 26.8. The number of hydrogen-bond donors (Lipinski definition) is 2. The normalized spacial score (nSPS) is 11.5. The van der Waals surface area contributed by atoms with Crippen LogP contribution >= 0.6 is 22.9 Å². The molecule has 1 heterocycles. The number of aromatic carboxylic acids is 1. The lowest BCUT2D eigenvalue weighted by Gasteiger charge is -2.08. The second-order valence-corrected chi connectivity index (χ2v) is 7.27. The van der Waals surface area contributed by atoms with Gasteiger partial charge in [0.05, 0.1) is 15.5 Å². The fraction of sp³-hybridized carbons (Fsp3) is 0.154. The topological polar surface area (TPSA) is 83.5 Å². The van der Waals surface area contributed by atoms with E-state index in [0.29, 0.717) is 0 Å². The average Bonchev–Trinajstić information content (AvgIpc) is 2.82. The van der Waals surface area contributed by atoms with Gasteiger partial charge in [0.25, 0.3) is 0 Å². The maximum absolute atomic E-state index is 12.2. The van der Waals surface area contributed by atoms with E-state index in [2.05, 4.69) is 4.72 Å². The molecular weight excluding hydrogens is 334 g/mol. The van der Waals surface area contributed by atoms with Gasteiger partial charge in [0.15, 0.2) is 0 Å². The predicted octanol–water partition coefficient (Wildman–Crippen LogP) is 2.89. The number of aryl methyl sites for hydroxylation is 1. The van der Waals surface area contributed by atoms with Crippen molar-refractivity contribution in [2.24, 2.45) is 0 Å². The van der Waals surface area contributed by atoms with Crippen molar-refractivity contribution >= 4 is 38.9 Å². The number of nitrogens with one attached hydrogen (secondary N) is 1. The summed E-state index contributed by atoms with van der Waals surface area (Å²) in [5.74, 6) is -1.27. The Kier molecular flexibility index (Phi) is 4.67. The molecule has 2 aromatic rings. The Morgan fingerprint density at radius 3 is 2.67 bits per heavy atom. The summed E-state index contributed by atoms with van der Waals surface area (Å²) in [4.78, 5) is 10.9. The van der Waals surface area contributed by atoms with Crippen molar-refractivity contribution in [2.75, 3.05) is 0 Å². The van der Waals surface area contributed by atoms with Gasteiger partial charge in [-0.25, -0.2) is 17.9 Å². The maximum atomic E-state index is 12.2. The fourth-order valence-electron chi connectivity index (χ4n) is 1.66. The molecule has 5 nitrogen and oxygen atoms in total. The Hall–Kier alpha value is -1.41. The number of hydrogen-bond acceptors (Lipinski definition) is 4. The highest BCUT2D eigenvalue weighted by Gasteiger charge is 2.18. The highest BCUT2D eigenvalue weighted by molar-refractivity contribution is 7.89. The van der Waals surface area contributed by atoms with Crippen LogP contribution in [0.1, 0.15) is 21.5 Å². The largest absolute Gasteiger partial charge is 0.478 e. The second kappa shape index (κ2) is 6.15. The number of halogens is 1. The van der Waals surface area contributed by atoms with Crippen LogP contribution < -0.4 is 4.72 Å². The van der Waals surface area contributed by atoms with E-state index >= 15 is 0 Å². The van der Waals surface area contributed by atoms with E-state index in [1.165, 1.54) is 23.5 Å². The number of carboxylic acids is 1.